The molecule has 2 amide bonds. The highest BCUT2D eigenvalue weighted by Crippen LogP contribution is 2.16. The second-order valence-electron chi connectivity index (χ2n) is 5.35. The van der Waals surface area contributed by atoms with Gasteiger partial charge in [0.1, 0.15) is 5.82 Å². The van der Waals surface area contributed by atoms with Crippen molar-refractivity contribution in [3.05, 3.63) is 71.0 Å². The molecule has 2 rings (SSSR count). The molecule has 0 aliphatic heterocycles. The summed E-state index contributed by atoms with van der Waals surface area (Å²) in [5.74, 6) is -0.249. The average Bonchev–Trinajstić information content (AvgIpc) is 2.49. The van der Waals surface area contributed by atoms with E-state index in [9.17, 15) is 9.18 Å². The SMILES string of the molecule is Cc1ccccc1C(C)NC(=O)NCCc1ccc(F)cc1. The molecule has 116 valence electrons. The molecule has 2 N–H and O–H groups in total. The lowest BCUT2D eigenvalue weighted by molar-refractivity contribution is 0.238. The molecule has 0 aliphatic rings. The molecule has 0 saturated heterocycles. The molecule has 4 heteroatoms. The molecule has 0 fully saturated rings. The number of carbonyl (C=O) groups excluding carboxylic acids is 1. The first-order chi connectivity index (χ1) is 10.6. The highest BCUT2D eigenvalue weighted by molar-refractivity contribution is 5.74. The van der Waals surface area contributed by atoms with E-state index in [1.54, 1.807) is 12.1 Å². The minimum absolute atomic E-state index is 0.0491. The van der Waals surface area contributed by atoms with Crippen LogP contribution in [0, 0.1) is 12.7 Å². The predicted octanol–water partition coefficient (Wildman–Crippen LogP) is 3.74. The predicted molar refractivity (Wildman–Crippen MR) is 86.2 cm³/mol. The molecule has 1 unspecified atom stereocenters. The molecular weight excluding hydrogens is 279 g/mol. The van der Waals surface area contributed by atoms with Crippen LogP contribution in [0.15, 0.2) is 48.5 Å². The maximum atomic E-state index is 12.8. The summed E-state index contributed by atoms with van der Waals surface area (Å²) in [4.78, 5) is 11.9. The van der Waals surface area contributed by atoms with E-state index >= 15 is 0 Å². The average molecular weight is 300 g/mol. The zero-order valence-corrected chi connectivity index (χ0v) is 12.9. The fraction of sp³-hybridized carbons (Fsp3) is 0.278. The second-order valence-corrected chi connectivity index (χ2v) is 5.35. The van der Waals surface area contributed by atoms with Gasteiger partial charge in [-0.05, 0) is 49.1 Å². The number of amides is 2. The lowest BCUT2D eigenvalue weighted by atomic mass is 10.0. The van der Waals surface area contributed by atoms with Gasteiger partial charge >= 0.3 is 6.03 Å². The minimum atomic E-state index is -0.249. The standard InChI is InChI=1S/C18H21FN2O/c1-13-5-3-4-6-17(13)14(2)21-18(22)20-12-11-15-7-9-16(19)10-8-15/h3-10,14H,11-12H2,1-2H3,(H2,20,21,22). The van der Waals surface area contributed by atoms with Crippen LogP contribution in [0.2, 0.25) is 0 Å². The Labute approximate surface area is 130 Å². The number of carbonyl (C=O) groups is 1. The van der Waals surface area contributed by atoms with Gasteiger partial charge in [0, 0.05) is 6.54 Å². The third kappa shape index (κ3) is 4.58. The highest BCUT2D eigenvalue weighted by Gasteiger charge is 2.10. The zero-order valence-electron chi connectivity index (χ0n) is 12.9. The molecule has 0 saturated carbocycles. The van der Waals surface area contributed by atoms with E-state index in [0.29, 0.717) is 13.0 Å². The summed E-state index contributed by atoms with van der Waals surface area (Å²) in [6.45, 7) is 4.50. The van der Waals surface area contributed by atoms with E-state index in [1.807, 2.05) is 38.1 Å². The van der Waals surface area contributed by atoms with E-state index in [4.69, 9.17) is 0 Å². The van der Waals surface area contributed by atoms with Crippen LogP contribution in [0.4, 0.5) is 9.18 Å². The Bertz CT molecular complexity index is 625. The molecule has 0 heterocycles. The van der Waals surface area contributed by atoms with Crippen LogP contribution in [-0.2, 0) is 6.42 Å². The van der Waals surface area contributed by atoms with Gasteiger partial charge in [0.05, 0.1) is 6.04 Å². The van der Waals surface area contributed by atoms with Gasteiger partial charge in [0.15, 0.2) is 0 Å². The minimum Gasteiger partial charge on any atom is -0.338 e. The number of hydrogen-bond donors (Lipinski definition) is 2. The van der Waals surface area contributed by atoms with Crippen LogP contribution in [0.1, 0.15) is 29.7 Å². The van der Waals surface area contributed by atoms with Gasteiger partial charge in [-0.2, -0.15) is 0 Å². The number of urea groups is 1. The number of benzene rings is 2. The largest absolute Gasteiger partial charge is 0.338 e. The second kappa shape index (κ2) is 7.59. The third-order valence-corrected chi connectivity index (χ3v) is 3.62. The summed E-state index contributed by atoms with van der Waals surface area (Å²) in [5.41, 5.74) is 3.26. The molecule has 2 aromatic rings. The molecule has 2 aromatic carbocycles. The number of nitrogens with one attached hydrogen (secondary N) is 2. The summed E-state index contributed by atoms with van der Waals surface area (Å²) >= 11 is 0. The molecule has 0 aliphatic carbocycles. The maximum Gasteiger partial charge on any atom is 0.315 e. The lowest BCUT2D eigenvalue weighted by Crippen LogP contribution is -2.38. The van der Waals surface area contributed by atoms with Crippen LogP contribution >= 0.6 is 0 Å². The van der Waals surface area contributed by atoms with Gasteiger partial charge in [0.2, 0.25) is 0 Å². The maximum absolute atomic E-state index is 12.8. The molecule has 22 heavy (non-hydrogen) atoms. The van der Waals surface area contributed by atoms with Crippen LogP contribution < -0.4 is 10.6 Å². The van der Waals surface area contributed by atoms with Crippen LogP contribution in [-0.4, -0.2) is 12.6 Å². The molecule has 0 spiro atoms. The first-order valence-electron chi connectivity index (χ1n) is 7.40. The first kappa shape index (κ1) is 16.0. The fourth-order valence-electron chi connectivity index (χ4n) is 2.37. The smallest absolute Gasteiger partial charge is 0.315 e. The Kier molecular flexibility index (Phi) is 5.53. The van der Waals surface area contributed by atoms with Crippen molar-refractivity contribution in [2.75, 3.05) is 6.54 Å². The van der Waals surface area contributed by atoms with Gasteiger partial charge < -0.3 is 10.6 Å². The molecule has 0 radical (unpaired) electrons. The number of halogens is 1. The van der Waals surface area contributed by atoms with E-state index in [1.165, 1.54) is 12.1 Å². The summed E-state index contributed by atoms with van der Waals surface area (Å²) < 4.78 is 12.8. The fourth-order valence-corrected chi connectivity index (χ4v) is 2.37. The van der Waals surface area contributed by atoms with Crippen molar-refractivity contribution >= 4 is 6.03 Å². The van der Waals surface area contributed by atoms with Crippen molar-refractivity contribution < 1.29 is 9.18 Å². The third-order valence-electron chi connectivity index (χ3n) is 3.62. The van der Waals surface area contributed by atoms with Crippen LogP contribution in [0.3, 0.4) is 0 Å². The Morgan fingerprint density at radius 3 is 2.50 bits per heavy atom. The van der Waals surface area contributed by atoms with Crippen LogP contribution in [0.25, 0.3) is 0 Å². The lowest BCUT2D eigenvalue weighted by Gasteiger charge is -2.17. The Hall–Kier alpha value is -2.36. The monoisotopic (exact) mass is 300 g/mol. The van der Waals surface area contributed by atoms with Gasteiger partial charge in [-0.3, -0.25) is 0 Å². The Balaban J connectivity index is 1.78. The number of aryl methyl sites for hydroxylation is 1. The van der Waals surface area contributed by atoms with Gasteiger partial charge in [-0.25, -0.2) is 9.18 Å². The normalized spacial score (nSPS) is 11.8. The Morgan fingerprint density at radius 1 is 1.14 bits per heavy atom. The number of rotatable bonds is 5. The van der Waals surface area contributed by atoms with E-state index in [-0.39, 0.29) is 17.9 Å². The molecule has 0 aromatic heterocycles. The summed E-state index contributed by atoms with van der Waals surface area (Å²) in [6, 6.07) is 14.0. The molecule has 1 atom stereocenters. The molecule has 3 nitrogen and oxygen atoms in total. The Morgan fingerprint density at radius 2 is 1.82 bits per heavy atom. The number of hydrogen-bond acceptors (Lipinski definition) is 1. The first-order valence-corrected chi connectivity index (χ1v) is 7.40. The van der Waals surface area contributed by atoms with Crippen molar-refractivity contribution in [1.29, 1.82) is 0 Å². The zero-order chi connectivity index (χ0) is 15.9. The van der Waals surface area contributed by atoms with Crippen LogP contribution in [0.5, 0.6) is 0 Å². The van der Waals surface area contributed by atoms with Crippen molar-refractivity contribution in [2.45, 2.75) is 26.3 Å². The van der Waals surface area contributed by atoms with Gasteiger partial charge in [0.25, 0.3) is 0 Å². The summed E-state index contributed by atoms with van der Waals surface area (Å²) in [5, 5.41) is 5.74. The van der Waals surface area contributed by atoms with E-state index in [2.05, 4.69) is 10.6 Å². The van der Waals surface area contributed by atoms with Gasteiger partial charge in [-0.15, -0.1) is 0 Å². The quantitative estimate of drug-likeness (QED) is 0.868. The van der Waals surface area contributed by atoms with E-state index < -0.39 is 0 Å². The molecule has 0 bridgehead atoms. The summed E-state index contributed by atoms with van der Waals surface area (Å²) in [7, 11) is 0. The van der Waals surface area contributed by atoms with Crippen molar-refractivity contribution in [3.8, 4) is 0 Å². The van der Waals surface area contributed by atoms with Gasteiger partial charge in [-0.1, -0.05) is 36.4 Å². The van der Waals surface area contributed by atoms with Crippen molar-refractivity contribution in [1.82, 2.24) is 10.6 Å². The van der Waals surface area contributed by atoms with E-state index in [0.717, 1.165) is 16.7 Å². The topological polar surface area (TPSA) is 41.1 Å². The molecular formula is C18H21FN2O. The van der Waals surface area contributed by atoms with Crippen molar-refractivity contribution in [3.63, 3.8) is 0 Å². The highest BCUT2D eigenvalue weighted by atomic mass is 19.1. The summed E-state index contributed by atoms with van der Waals surface area (Å²) in [6.07, 6.45) is 0.673. The van der Waals surface area contributed by atoms with Crippen molar-refractivity contribution in [2.24, 2.45) is 0 Å².